The number of nitrogens with zero attached hydrogens (tertiary/aromatic N) is 1. The molecule has 0 spiro atoms. The fourth-order valence-electron chi connectivity index (χ4n) is 3.81. The maximum absolute atomic E-state index is 13.3. The Morgan fingerprint density at radius 1 is 1.00 bits per heavy atom. The Bertz CT molecular complexity index is 1090. The summed E-state index contributed by atoms with van der Waals surface area (Å²) in [6.45, 7) is 2.26. The fraction of sp³-hybridized carbons (Fsp3) is 0.296. The molecule has 1 amide bonds. The molecule has 5 nitrogen and oxygen atoms in total. The summed E-state index contributed by atoms with van der Waals surface area (Å²) in [7, 11) is -2.06. The van der Waals surface area contributed by atoms with Gasteiger partial charge >= 0.3 is 0 Å². The number of rotatable bonds is 10. The van der Waals surface area contributed by atoms with Crippen molar-refractivity contribution in [3.63, 3.8) is 0 Å². The van der Waals surface area contributed by atoms with Crippen LogP contribution in [0.15, 0.2) is 97.1 Å². The van der Waals surface area contributed by atoms with E-state index in [1.54, 1.807) is 30.2 Å². The second-order valence-corrected chi connectivity index (χ2v) is 10.2. The van der Waals surface area contributed by atoms with Crippen LogP contribution in [0.5, 0.6) is 0 Å². The van der Waals surface area contributed by atoms with E-state index in [9.17, 15) is 13.2 Å². The predicted octanol–water partition coefficient (Wildman–Crippen LogP) is 4.25. The maximum Gasteiger partial charge on any atom is 0.244 e. The van der Waals surface area contributed by atoms with Crippen molar-refractivity contribution in [1.82, 2.24) is 9.62 Å². The van der Waals surface area contributed by atoms with Gasteiger partial charge in [0.1, 0.15) is 6.04 Å². The van der Waals surface area contributed by atoms with Crippen molar-refractivity contribution in [3.05, 3.63) is 108 Å². The number of nitrogens with one attached hydrogen (secondary N) is 1. The zero-order chi connectivity index (χ0) is 23.7. The van der Waals surface area contributed by atoms with Gasteiger partial charge in [-0.1, -0.05) is 104 Å². The maximum atomic E-state index is 13.3. The molecule has 33 heavy (non-hydrogen) atoms. The van der Waals surface area contributed by atoms with Crippen molar-refractivity contribution in [2.75, 3.05) is 7.05 Å². The van der Waals surface area contributed by atoms with Gasteiger partial charge in [0.25, 0.3) is 0 Å². The molecular weight excluding hydrogens is 432 g/mol. The number of benzene rings is 2. The smallest absolute Gasteiger partial charge is 0.244 e. The summed E-state index contributed by atoms with van der Waals surface area (Å²) in [6.07, 6.45) is 12.2. The molecule has 0 heterocycles. The van der Waals surface area contributed by atoms with E-state index >= 15 is 0 Å². The van der Waals surface area contributed by atoms with Gasteiger partial charge in [-0.2, -0.15) is 4.72 Å². The normalized spacial score (nSPS) is 19.0. The first-order valence-corrected chi connectivity index (χ1v) is 12.8. The summed E-state index contributed by atoms with van der Waals surface area (Å²) >= 11 is 0. The van der Waals surface area contributed by atoms with Gasteiger partial charge < -0.3 is 4.90 Å². The van der Waals surface area contributed by atoms with Gasteiger partial charge in [-0.05, 0) is 29.9 Å². The summed E-state index contributed by atoms with van der Waals surface area (Å²) in [5.41, 5.74) is 2.18. The van der Waals surface area contributed by atoms with Gasteiger partial charge in [-0.15, -0.1) is 0 Å². The molecule has 2 aromatic rings. The van der Waals surface area contributed by atoms with Crippen LogP contribution in [-0.4, -0.2) is 37.6 Å². The van der Waals surface area contributed by atoms with Crippen LogP contribution >= 0.6 is 0 Å². The van der Waals surface area contributed by atoms with Crippen LogP contribution in [0.3, 0.4) is 0 Å². The number of hydrogen-bond acceptors (Lipinski definition) is 3. The summed E-state index contributed by atoms with van der Waals surface area (Å²) < 4.78 is 29.0. The Balaban J connectivity index is 1.74. The van der Waals surface area contributed by atoms with E-state index < -0.39 is 21.3 Å². The van der Waals surface area contributed by atoms with Gasteiger partial charge in [-0.25, -0.2) is 8.42 Å². The van der Waals surface area contributed by atoms with Crippen molar-refractivity contribution in [3.8, 4) is 0 Å². The van der Waals surface area contributed by atoms with Crippen molar-refractivity contribution in [2.24, 2.45) is 5.92 Å². The highest BCUT2D eigenvalue weighted by molar-refractivity contribution is 7.90. The van der Waals surface area contributed by atoms with Crippen molar-refractivity contribution < 1.29 is 13.2 Å². The van der Waals surface area contributed by atoms with Crippen LogP contribution in [0.2, 0.25) is 0 Å². The average Bonchev–Trinajstić information content (AvgIpc) is 2.82. The van der Waals surface area contributed by atoms with Gasteiger partial charge in [0, 0.05) is 13.6 Å². The molecular formula is C27H32N2O3S. The summed E-state index contributed by atoms with van der Waals surface area (Å²) in [5.74, 6) is -0.464. The highest BCUT2D eigenvalue weighted by Gasteiger charge is 2.32. The molecule has 1 aliphatic carbocycles. The molecule has 0 bridgehead atoms. The standard InChI is InChI=1S/C27H32N2O3S/c1-22-13-9-12-20-26(22)33(31,32)28-25(19-11-10-16-23-14-5-3-6-15-23)27(30)29(2)21-24-17-7-4-8-18-24/h3-9,11-15,17-20,22,25-26,28H,10,16,21H2,1-2H3/b19-11+. The quantitative estimate of drug-likeness (QED) is 0.535. The Kier molecular flexibility index (Phi) is 8.80. The molecule has 174 valence electrons. The molecule has 0 saturated carbocycles. The summed E-state index contributed by atoms with van der Waals surface area (Å²) in [5, 5.41) is -0.713. The van der Waals surface area contributed by atoms with Crippen LogP contribution in [0.1, 0.15) is 24.5 Å². The zero-order valence-corrected chi connectivity index (χ0v) is 20.0. The number of aryl methyl sites for hydroxylation is 1. The van der Waals surface area contributed by atoms with Crippen LogP contribution in [-0.2, 0) is 27.8 Å². The molecule has 2 aromatic carbocycles. The van der Waals surface area contributed by atoms with E-state index in [-0.39, 0.29) is 11.8 Å². The first-order valence-electron chi connectivity index (χ1n) is 11.2. The van der Waals surface area contributed by atoms with Crippen LogP contribution in [0, 0.1) is 5.92 Å². The van der Waals surface area contributed by atoms with E-state index in [2.05, 4.69) is 16.9 Å². The number of hydrogen-bond donors (Lipinski definition) is 1. The fourth-order valence-corrected chi connectivity index (χ4v) is 5.45. The van der Waals surface area contributed by atoms with Crippen molar-refractivity contribution in [1.29, 1.82) is 0 Å². The third-order valence-electron chi connectivity index (χ3n) is 5.67. The lowest BCUT2D eigenvalue weighted by Crippen LogP contribution is -2.49. The topological polar surface area (TPSA) is 66.5 Å². The third-order valence-corrected chi connectivity index (χ3v) is 7.56. The highest BCUT2D eigenvalue weighted by atomic mass is 32.2. The number of likely N-dealkylation sites (N-methyl/N-ethyl adjacent to an activating group) is 1. The molecule has 3 rings (SSSR count). The molecule has 0 fully saturated rings. The second kappa shape index (κ2) is 11.8. The van der Waals surface area contributed by atoms with Crippen molar-refractivity contribution >= 4 is 15.9 Å². The minimum atomic E-state index is -3.76. The molecule has 0 saturated heterocycles. The van der Waals surface area contributed by atoms with Crippen molar-refractivity contribution in [2.45, 2.75) is 37.6 Å². The van der Waals surface area contributed by atoms with Gasteiger partial charge in [-0.3, -0.25) is 4.79 Å². The predicted molar refractivity (Wildman–Crippen MR) is 134 cm³/mol. The van der Waals surface area contributed by atoms with Gasteiger partial charge in [0.05, 0.1) is 5.25 Å². The van der Waals surface area contributed by atoms with Crippen LogP contribution < -0.4 is 4.72 Å². The van der Waals surface area contributed by atoms with E-state index in [0.29, 0.717) is 13.0 Å². The molecule has 6 heteroatoms. The van der Waals surface area contributed by atoms with E-state index in [0.717, 1.165) is 12.0 Å². The summed E-state index contributed by atoms with van der Waals surface area (Å²) in [6, 6.07) is 18.7. The largest absolute Gasteiger partial charge is 0.340 e. The average molecular weight is 465 g/mol. The molecule has 3 atom stereocenters. The highest BCUT2D eigenvalue weighted by Crippen LogP contribution is 2.19. The number of carbonyl (C=O) groups excluding carboxylic acids is 1. The first-order chi connectivity index (χ1) is 15.9. The number of amides is 1. The second-order valence-electron chi connectivity index (χ2n) is 8.37. The lowest BCUT2D eigenvalue weighted by molar-refractivity contribution is -0.131. The van der Waals surface area contributed by atoms with Gasteiger partial charge in [0.15, 0.2) is 0 Å². The third kappa shape index (κ3) is 7.27. The molecule has 0 aliphatic heterocycles. The monoisotopic (exact) mass is 464 g/mol. The van der Waals surface area contributed by atoms with E-state index in [1.807, 2.05) is 73.7 Å². The minimum absolute atomic E-state index is 0.174. The molecule has 1 N–H and O–H groups in total. The SMILES string of the molecule is CC1C=CC=CC1S(=O)(=O)NC(/C=C/CCc1ccccc1)C(=O)N(C)Cc1ccccc1. The van der Waals surface area contributed by atoms with Crippen LogP contribution in [0.25, 0.3) is 0 Å². The Morgan fingerprint density at radius 3 is 2.24 bits per heavy atom. The lowest BCUT2D eigenvalue weighted by Gasteiger charge is -2.26. The Hall–Kier alpha value is -2.96. The lowest BCUT2D eigenvalue weighted by atomic mass is 10.0. The summed E-state index contributed by atoms with van der Waals surface area (Å²) in [4.78, 5) is 14.8. The minimum Gasteiger partial charge on any atom is -0.340 e. The number of allylic oxidation sites excluding steroid dienone is 4. The molecule has 0 aromatic heterocycles. The van der Waals surface area contributed by atoms with Gasteiger partial charge in [0.2, 0.25) is 15.9 Å². The first kappa shape index (κ1) is 24.7. The van der Waals surface area contributed by atoms with E-state index in [4.69, 9.17) is 0 Å². The molecule has 3 unspecified atom stereocenters. The van der Waals surface area contributed by atoms with Crippen LogP contribution in [0.4, 0.5) is 0 Å². The molecule has 0 radical (unpaired) electrons. The Morgan fingerprint density at radius 2 is 1.61 bits per heavy atom. The Labute approximate surface area is 197 Å². The number of sulfonamides is 1. The molecule has 1 aliphatic rings. The van der Waals surface area contributed by atoms with E-state index in [1.165, 1.54) is 5.56 Å². The zero-order valence-electron chi connectivity index (χ0n) is 19.2. The number of carbonyl (C=O) groups is 1.